The fourth-order valence-corrected chi connectivity index (χ4v) is 4.02. The maximum absolute atomic E-state index is 13.0. The van der Waals surface area contributed by atoms with E-state index in [2.05, 4.69) is 5.32 Å². The van der Waals surface area contributed by atoms with E-state index in [1.54, 1.807) is 0 Å². The highest BCUT2D eigenvalue weighted by atomic mass is 32.1. The number of aryl methyl sites for hydroxylation is 1. The van der Waals surface area contributed by atoms with Crippen LogP contribution in [0.15, 0.2) is 24.3 Å². The summed E-state index contributed by atoms with van der Waals surface area (Å²) in [6, 6.07) is 5.29. The van der Waals surface area contributed by atoms with Crippen LogP contribution in [-0.2, 0) is 17.6 Å². The van der Waals surface area contributed by atoms with E-state index >= 15 is 0 Å². The van der Waals surface area contributed by atoms with Crippen LogP contribution >= 0.6 is 11.3 Å². The number of carbonyl (C=O) groups is 2. The van der Waals surface area contributed by atoms with Crippen molar-refractivity contribution < 1.29 is 18.7 Å². The number of ether oxygens (including phenoxy) is 1. The minimum Gasteiger partial charge on any atom is -0.465 e. The molecule has 1 aliphatic carbocycles. The number of halogens is 1. The van der Waals surface area contributed by atoms with Crippen LogP contribution in [0.2, 0.25) is 0 Å². The number of nitrogens with one attached hydrogen (secondary N) is 1. The highest BCUT2D eigenvalue weighted by molar-refractivity contribution is 7.17. The molecule has 0 bridgehead atoms. The van der Waals surface area contributed by atoms with Crippen molar-refractivity contribution in [1.29, 1.82) is 0 Å². The monoisotopic (exact) mass is 333 g/mol. The second kappa shape index (κ2) is 6.50. The van der Waals surface area contributed by atoms with E-state index in [0.29, 0.717) is 16.1 Å². The molecule has 120 valence electrons. The van der Waals surface area contributed by atoms with Crippen LogP contribution < -0.4 is 5.32 Å². The smallest absolute Gasteiger partial charge is 0.341 e. The molecule has 1 heterocycles. The average molecular weight is 333 g/mol. The lowest BCUT2D eigenvalue weighted by Gasteiger charge is -2.11. The number of fused-ring (bicyclic) bond motifs is 1. The first-order chi connectivity index (χ1) is 11.1. The summed E-state index contributed by atoms with van der Waals surface area (Å²) in [5.41, 5.74) is 1.79. The molecule has 2 aromatic rings. The number of rotatable bonds is 3. The molecule has 0 radical (unpaired) electrons. The van der Waals surface area contributed by atoms with Gasteiger partial charge in [-0.15, -0.1) is 11.3 Å². The third-order valence-electron chi connectivity index (χ3n) is 3.89. The first-order valence-electron chi connectivity index (χ1n) is 7.40. The summed E-state index contributed by atoms with van der Waals surface area (Å²) in [5, 5.41) is 3.29. The Kier molecular flexibility index (Phi) is 4.43. The minimum atomic E-state index is -0.432. The van der Waals surface area contributed by atoms with Gasteiger partial charge in [0, 0.05) is 10.4 Å². The SMILES string of the molecule is COC(=O)c1c(NC(=O)c2ccc(F)cc2)sc2c1CCCC2. The molecule has 0 atom stereocenters. The van der Waals surface area contributed by atoms with Gasteiger partial charge in [0.15, 0.2) is 0 Å². The second-order valence-electron chi connectivity index (χ2n) is 5.37. The Hall–Kier alpha value is -2.21. The summed E-state index contributed by atoms with van der Waals surface area (Å²) in [7, 11) is 1.33. The molecule has 0 fully saturated rings. The molecule has 0 unspecified atom stereocenters. The van der Waals surface area contributed by atoms with Crippen LogP contribution in [0, 0.1) is 5.82 Å². The Morgan fingerprint density at radius 2 is 1.87 bits per heavy atom. The van der Waals surface area contributed by atoms with Crippen molar-refractivity contribution in [1.82, 2.24) is 0 Å². The molecule has 6 heteroatoms. The maximum atomic E-state index is 13.0. The van der Waals surface area contributed by atoms with Gasteiger partial charge in [-0.05, 0) is 55.5 Å². The zero-order chi connectivity index (χ0) is 16.4. The number of carbonyl (C=O) groups excluding carboxylic acids is 2. The topological polar surface area (TPSA) is 55.4 Å². The largest absolute Gasteiger partial charge is 0.465 e. The van der Waals surface area contributed by atoms with E-state index in [1.165, 1.54) is 42.7 Å². The molecule has 4 nitrogen and oxygen atoms in total. The molecule has 0 aliphatic heterocycles. The minimum absolute atomic E-state index is 0.341. The maximum Gasteiger partial charge on any atom is 0.341 e. The number of benzene rings is 1. The van der Waals surface area contributed by atoms with Gasteiger partial charge < -0.3 is 10.1 Å². The zero-order valence-electron chi connectivity index (χ0n) is 12.6. The normalized spacial score (nSPS) is 13.3. The molecule has 3 rings (SSSR count). The summed E-state index contributed by atoms with van der Waals surface area (Å²) >= 11 is 1.42. The summed E-state index contributed by atoms with van der Waals surface area (Å²) in [4.78, 5) is 25.6. The van der Waals surface area contributed by atoms with Crippen molar-refractivity contribution >= 4 is 28.2 Å². The molecule has 23 heavy (non-hydrogen) atoms. The standard InChI is InChI=1S/C17H16FNO3S/c1-22-17(21)14-12-4-2-3-5-13(12)23-16(14)19-15(20)10-6-8-11(18)9-7-10/h6-9H,2-5H2,1H3,(H,19,20). The molecule has 1 aromatic heterocycles. The van der Waals surface area contributed by atoms with Gasteiger partial charge in [0.25, 0.3) is 5.91 Å². The van der Waals surface area contributed by atoms with Crippen molar-refractivity contribution in [3.05, 3.63) is 51.7 Å². The summed E-state index contributed by atoms with van der Waals surface area (Å²) in [6.45, 7) is 0. The Bertz CT molecular complexity index is 752. The molecule has 0 saturated carbocycles. The van der Waals surface area contributed by atoms with Gasteiger partial charge in [-0.25, -0.2) is 9.18 Å². The lowest BCUT2D eigenvalue weighted by atomic mass is 9.95. The molecule has 0 spiro atoms. The van der Waals surface area contributed by atoms with Gasteiger partial charge in [-0.3, -0.25) is 4.79 Å². The predicted octanol–water partition coefficient (Wildman–Crippen LogP) is 3.80. The Morgan fingerprint density at radius 1 is 1.17 bits per heavy atom. The predicted molar refractivity (Wildman–Crippen MR) is 86.7 cm³/mol. The third-order valence-corrected chi connectivity index (χ3v) is 5.10. The van der Waals surface area contributed by atoms with Crippen molar-refractivity contribution in [3.8, 4) is 0 Å². The lowest BCUT2D eigenvalue weighted by molar-refractivity contribution is 0.0601. The second-order valence-corrected chi connectivity index (χ2v) is 6.47. The Balaban J connectivity index is 1.93. The van der Waals surface area contributed by atoms with E-state index in [9.17, 15) is 14.0 Å². The quantitative estimate of drug-likeness (QED) is 0.869. The van der Waals surface area contributed by atoms with Crippen LogP contribution in [0.4, 0.5) is 9.39 Å². The van der Waals surface area contributed by atoms with Gasteiger partial charge in [0.2, 0.25) is 0 Å². The van der Waals surface area contributed by atoms with Gasteiger partial charge in [-0.1, -0.05) is 0 Å². The van der Waals surface area contributed by atoms with Gasteiger partial charge in [-0.2, -0.15) is 0 Å². The molecule has 1 N–H and O–H groups in total. The molecule has 1 aliphatic rings. The summed E-state index contributed by atoms with van der Waals surface area (Å²) in [6.07, 6.45) is 3.84. The third kappa shape index (κ3) is 3.12. The van der Waals surface area contributed by atoms with Gasteiger partial charge >= 0.3 is 5.97 Å². The van der Waals surface area contributed by atoms with Gasteiger partial charge in [0.05, 0.1) is 12.7 Å². The van der Waals surface area contributed by atoms with Crippen molar-refractivity contribution in [2.75, 3.05) is 12.4 Å². The number of hydrogen-bond acceptors (Lipinski definition) is 4. The first kappa shape index (κ1) is 15.7. The van der Waals surface area contributed by atoms with Crippen LogP contribution in [0.3, 0.4) is 0 Å². The van der Waals surface area contributed by atoms with E-state index in [1.807, 2.05) is 0 Å². The fourth-order valence-electron chi connectivity index (χ4n) is 2.75. The summed E-state index contributed by atoms with van der Waals surface area (Å²) < 4.78 is 17.8. The van der Waals surface area contributed by atoms with Crippen LogP contribution in [0.5, 0.6) is 0 Å². The highest BCUT2D eigenvalue weighted by Crippen LogP contribution is 2.38. The lowest BCUT2D eigenvalue weighted by Crippen LogP contribution is -2.15. The number of thiophene rings is 1. The fraction of sp³-hybridized carbons (Fsp3) is 0.294. The number of hydrogen-bond donors (Lipinski definition) is 1. The number of anilines is 1. The van der Waals surface area contributed by atoms with E-state index < -0.39 is 11.8 Å². The molecule has 0 saturated heterocycles. The Morgan fingerprint density at radius 3 is 2.57 bits per heavy atom. The molecular weight excluding hydrogens is 317 g/mol. The number of methoxy groups -OCH3 is 1. The van der Waals surface area contributed by atoms with Crippen LogP contribution in [-0.4, -0.2) is 19.0 Å². The number of amides is 1. The van der Waals surface area contributed by atoms with Crippen molar-refractivity contribution in [3.63, 3.8) is 0 Å². The molecule has 1 aromatic carbocycles. The van der Waals surface area contributed by atoms with Gasteiger partial charge in [0.1, 0.15) is 10.8 Å². The van der Waals surface area contributed by atoms with Crippen molar-refractivity contribution in [2.24, 2.45) is 0 Å². The van der Waals surface area contributed by atoms with E-state index in [0.717, 1.165) is 36.1 Å². The van der Waals surface area contributed by atoms with E-state index in [-0.39, 0.29) is 5.91 Å². The average Bonchev–Trinajstić information content (AvgIpc) is 2.92. The zero-order valence-corrected chi connectivity index (χ0v) is 13.5. The highest BCUT2D eigenvalue weighted by Gasteiger charge is 2.27. The number of esters is 1. The van der Waals surface area contributed by atoms with Crippen LogP contribution in [0.25, 0.3) is 0 Å². The van der Waals surface area contributed by atoms with Crippen LogP contribution in [0.1, 0.15) is 44.0 Å². The molecule has 1 amide bonds. The van der Waals surface area contributed by atoms with Crippen molar-refractivity contribution in [2.45, 2.75) is 25.7 Å². The first-order valence-corrected chi connectivity index (χ1v) is 8.21. The van der Waals surface area contributed by atoms with E-state index in [4.69, 9.17) is 4.74 Å². The Labute approximate surface area is 137 Å². The molecular formula is C17H16FNO3S. The summed E-state index contributed by atoms with van der Waals surface area (Å²) in [5.74, 6) is -1.20.